The van der Waals surface area contributed by atoms with E-state index in [4.69, 9.17) is 0 Å². The first kappa shape index (κ1) is 11.2. The highest BCUT2D eigenvalue weighted by Gasteiger charge is 2.13. The van der Waals surface area contributed by atoms with Gasteiger partial charge in [0.25, 0.3) is 0 Å². The molecule has 8 heteroatoms. The van der Waals surface area contributed by atoms with E-state index in [0.29, 0.717) is 23.0 Å². The second kappa shape index (κ2) is 4.73. The second-order valence-corrected chi connectivity index (χ2v) is 5.95. The largest absolute Gasteiger partial charge is 0.263 e. The van der Waals surface area contributed by atoms with Gasteiger partial charge in [-0.3, -0.25) is 5.10 Å². The minimum absolute atomic E-state index is 0.301. The molecule has 2 aromatic rings. The molecule has 0 aliphatic rings. The van der Waals surface area contributed by atoms with Gasteiger partial charge in [0.15, 0.2) is 0 Å². The van der Waals surface area contributed by atoms with Gasteiger partial charge < -0.3 is 0 Å². The SMILES string of the molecule is O=S(=O)(NCCc1ncn[nH]1)c1cccs1. The minimum Gasteiger partial charge on any atom is -0.263 e. The van der Waals surface area contributed by atoms with Crippen molar-refractivity contribution in [2.24, 2.45) is 0 Å². The van der Waals surface area contributed by atoms with Gasteiger partial charge in [-0.25, -0.2) is 18.1 Å². The highest BCUT2D eigenvalue weighted by molar-refractivity contribution is 7.91. The molecule has 0 aliphatic carbocycles. The van der Waals surface area contributed by atoms with Crippen molar-refractivity contribution in [2.45, 2.75) is 10.6 Å². The Morgan fingerprint density at radius 1 is 1.50 bits per heavy atom. The van der Waals surface area contributed by atoms with E-state index in [0.717, 1.165) is 0 Å². The van der Waals surface area contributed by atoms with Crippen LogP contribution in [0.5, 0.6) is 0 Å². The lowest BCUT2D eigenvalue weighted by atomic mass is 10.4. The van der Waals surface area contributed by atoms with Crippen LogP contribution in [0.3, 0.4) is 0 Å². The number of nitrogens with zero attached hydrogens (tertiary/aromatic N) is 2. The van der Waals surface area contributed by atoms with E-state index in [1.165, 1.54) is 17.7 Å². The molecule has 0 radical (unpaired) electrons. The lowest BCUT2D eigenvalue weighted by molar-refractivity contribution is 0.583. The molecule has 0 saturated heterocycles. The number of aromatic amines is 1. The van der Waals surface area contributed by atoms with E-state index in [2.05, 4.69) is 19.9 Å². The summed E-state index contributed by atoms with van der Waals surface area (Å²) in [6.45, 7) is 0.301. The van der Waals surface area contributed by atoms with Crippen molar-refractivity contribution in [1.29, 1.82) is 0 Å². The molecule has 86 valence electrons. The van der Waals surface area contributed by atoms with Gasteiger partial charge in [-0.05, 0) is 11.4 Å². The number of thiophene rings is 1. The average Bonchev–Trinajstić information content (AvgIpc) is 2.90. The first-order valence-electron chi connectivity index (χ1n) is 4.56. The first-order chi connectivity index (χ1) is 7.68. The van der Waals surface area contributed by atoms with E-state index >= 15 is 0 Å². The van der Waals surface area contributed by atoms with E-state index in [1.54, 1.807) is 17.5 Å². The van der Waals surface area contributed by atoms with Crippen molar-refractivity contribution in [1.82, 2.24) is 19.9 Å². The number of hydrogen-bond donors (Lipinski definition) is 2. The normalized spacial score (nSPS) is 11.8. The van der Waals surface area contributed by atoms with Crippen LogP contribution in [0, 0.1) is 0 Å². The minimum atomic E-state index is -3.36. The molecule has 0 aromatic carbocycles. The van der Waals surface area contributed by atoms with Crippen LogP contribution in [0.2, 0.25) is 0 Å². The molecule has 0 atom stereocenters. The van der Waals surface area contributed by atoms with E-state index in [9.17, 15) is 8.42 Å². The Bertz CT molecular complexity index is 518. The van der Waals surface area contributed by atoms with Crippen LogP contribution in [0.15, 0.2) is 28.0 Å². The van der Waals surface area contributed by atoms with Crippen molar-refractivity contribution < 1.29 is 8.42 Å². The van der Waals surface area contributed by atoms with Crippen molar-refractivity contribution in [3.8, 4) is 0 Å². The molecule has 0 bridgehead atoms. The summed E-state index contributed by atoms with van der Waals surface area (Å²) >= 11 is 1.19. The van der Waals surface area contributed by atoms with Crippen LogP contribution >= 0.6 is 11.3 Å². The third kappa shape index (κ3) is 2.65. The first-order valence-corrected chi connectivity index (χ1v) is 6.92. The summed E-state index contributed by atoms with van der Waals surface area (Å²) < 4.78 is 26.2. The van der Waals surface area contributed by atoms with Crippen LogP contribution in [0.25, 0.3) is 0 Å². The summed E-state index contributed by atoms with van der Waals surface area (Å²) in [6, 6.07) is 3.27. The zero-order valence-corrected chi connectivity index (χ0v) is 9.88. The fourth-order valence-electron chi connectivity index (χ4n) is 1.14. The number of hydrogen-bond acceptors (Lipinski definition) is 5. The second-order valence-electron chi connectivity index (χ2n) is 3.01. The third-order valence-corrected chi connectivity index (χ3v) is 4.74. The summed E-state index contributed by atoms with van der Waals surface area (Å²) in [5, 5.41) is 8.07. The molecule has 0 unspecified atom stereocenters. The molecule has 0 fully saturated rings. The Hall–Kier alpha value is -1.25. The Balaban J connectivity index is 1.91. The fraction of sp³-hybridized carbons (Fsp3) is 0.250. The molecule has 0 saturated carbocycles. The van der Waals surface area contributed by atoms with Crippen molar-refractivity contribution in [2.75, 3.05) is 6.54 Å². The summed E-state index contributed by atoms with van der Waals surface area (Å²) in [5.41, 5.74) is 0. The molecular formula is C8H10N4O2S2. The molecule has 2 N–H and O–H groups in total. The van der Waals surface area contributed by atoms with Crippen LogP contribution in [0.1, 0.15) is 5.82 Å². The molecule has 2 aromatic heterocycles. The summed E-state index contributed by atoms with van der Waals surface area (Å²) in [5.74, 6) is 0.661. The van der Waals surface area contributed by atoms with Gasteiger partial charge in [-0.1, -0.05) is 6.07 Å². The molecule has 0 aliphatic heterocycles. The number of nitrogens with one attached hydrogen (secondary N) is 2. The highest BCUT2D eigenvalue weighted by atomic mass is 32.2. The van der Waals surface area contributed by atoms with Crippen LogP contribution in [-0.4, -0.2) is 30.1 Å². The zero-order chi connectivity index (χ0) is 11.4. The topological polar surface area (TPSA) is 87.7 Å². The van der Waals surface area contributed by atoms with Gasteiger partial charge in [0, 0.05) is 13.0 Å². The van der Waals surface area contributed by atoms with E-state index < -0.39 is 10.0 Å². The predicted octanol–water partition coefficient (Wildman–Crippen LogP) is 0.387. The molecular weight excluding hydrogens is 248 g/mol. The quantitative estimate of drug-likeness (QED) is 0.812. The van der Waals surface area contributed by atoms with Gasteiger partial charge in [-0.2, -0.15) is 5.10 Å². The lowest BCUT2D eigenvalue weighted by Crippen LogP contribution is -2.25. The maximum atomic E-state index is 11.7. The molecule has 0 spiro atoms. The monoisotopic (exact) mass is 258 g/mol. The highest BCUT2D eigenvalue weighted by Crippen LogP contribution is 2.14. The molecule has 0 amide bonds. The number of sulfonamides is 1. The number of rotatable bonds is 5. The Labute approximate surface area is 96.8 Å². The lowest BCUT2D eigenvalue weighted by Gasteiger charge is -2.02. The molecule has 16 heavy (non-hydrogen) atoms. The maximum absolute atomic E-state index is 11.7. The van der Waals surface area contributed by atoms with E-state index in [1.807, 2.05) is 0 Å². The van der Waals surface area contributed by atoms with Gasteiger partial charge in [0.1, 0.15) is 16.4 Å². The molecule has 2 heterocycles. The maximum Gasteiger partial charge on any atom is 0.250 e. The Morgan fingerprint density at radius 2 is 2.38 bits per heavy atom. The van der Waals surface area contributed by atoms with Crippen molar-refractivity contribution >= 4 is 21.4 Å². The van der Waals surface area contributed by atoms with Gasteiger partial charge >= 0.3 is 0 Å². The number of aromatic nitrogens is 3. The number of H-pyrrole nitrogens is 1. The van der Waals surface area contributed by atoms with Crippen LogP contribution in [0.4, 0.5) is 0 Å². The Kier molecular flexibility index (Phi) is 3.32. The van der Waals surface area contributed by atoms with E-state index in [-0.39, 0.29) is 0 Å². The molecule has 6 nitrogen and oxygen atoms in total. The molecule has 2 rings (SSSR count). The van der Waals surface area contributed by atoms with Crippen LogP contribution in [-0.2, 0) is 16.4 Å². The average molecular weight is 258 g/mol. The summed E-state index contributed by atoms with van der Waals surface area (Å²) in [6.07, 6.45) is 1.88. The van der Waals surface area contributed by atoms with Crippen molar-refractivity contribution in [3.63, 3.8) is 0 Å². The van der Waals surface area contributed by atoms with Gasteiger partial charge in [0.2, 0.25) is 10.0 Å². The standard InChI is InChI=1S/C8H10N4O2S2/c13-16(14,8-2-1-5-15-8)11-4-3-7-9-6-10-12-7/h1-2,5-6,11H,3-4H2,(H,9,10,12). The zero-order valence-electron chi connectivity index (χ0n) is 8.25. The Morgan fingerprint density at radius 3 is 3.00 bits per heavy atom. The van der Waals surface area contributed by atoms with Gasteiger partial charge in [0.05, 0.1) is 0 Å². The predicted molar refractivity (Wildman–Crippen MR) is 59.6 cm³/mol. The summed E-state index contributed by atoms with van der Waals surface area (Å²) in [4.78, 5) is 3.90. The van der Waals surface area contributed by atoms with Crippen LogP contribution < -0.4 is 4.72 Å². The smallest absolute Gasteiger partial charge is 0.250 e. The third-order valence-electron chi connectivity index (χ3n) is 1.88. The van der Waals surface area contributed by atoms with Crippen molar-refractivity contribution in [3.05, 3.63) is 29.7 Å². The van der Waals surface area contributed by atoms with Gasteiger partial charge in [-0.15, -0.1) is 11.3 Å². The fourth-order valence-corrected chi connectivity index (χ4v) is 3.21. The summed E-state index contributed by atoms with van der Waals surface area (Å²) in [7, 11) is -3.36.